The molecule has 0 unspecified atom stereocenters. The summed E-state index contributed by atoms with van der Waals surface area (Å²) in [6, 6.07) is 15.8. The maximum Gasteiger partial charge on any atom is 0.306 e. The lowest BCUT2D eigenvalue weighted by molar-refractivity contribution is -0.143. The first-order valence-corrected chi connectivity index (χ1v) is 20.1. The monoisotopic (exact) mass is 776 g/mol. The quantitative estimate of drug-likeness (QED) is 0.0927. The number of carboxylic acids is 1. The zero-order valence-corrected chi connectivity index (χ0v) is 32.6. The number of aromatic nitrogens is 4. The molecule has 0 radical (unpaired) electrons. The molecule has 12 nitrogen and oxygen atoms in total. The van der Waals surface area contributed by atoms with Gasteiger partial charge in [-0.3, -0.25) is 19.5 Å². The number of aliphatic hydroxyl groups is 1. The van der Waals surface area contributed by atoms with Gasteiger partial charge in [0.1, 0.15) is 5.52 Å². The van der Waals surface area contributed by atoms with Crippen LogP contribution in [0.2, 0.25) is 5.02 Å². The van der Waals surface area contributed by atoms with Crippen LogP contribution < -0.4 is 16.0 Å². The fourth-order valence-electron chi connectivity index (χ4n) is 8.82. The van der Waals surface area contributed by atoms with Crippen LogP contribution >= 0.6 is 11.6 Å². The lowest BCUT2D eigenvalue weighted by atomic mass is 9.81. The fourth-order valence-corrected chi connectivity index (χ4v) is 9.10. The van der Waals surface area contributed by atoms with Crippen molar-refractivity contribution in [2.45, 2.75) is 83.5 Å². The normalized spacial score (nSPS) is 21.2. The molecule has 3 aliphatic rings. The summed E-state index contributed by atoms with van der Waals surface area (Å²) in [5.41, 5.74) is 7.80. The highest BCUT2D eigenvalue weighted by Crippen LogP contribution is 2.39. The molecule has 13 heteroatoms. The van der Waals surface area contributed by atoms with E-state index in [1.54, 1.807) is 12.3 Å². The van der Waals surface area contributed by atoms with Gasteiger partial charge in [-0.05, 0) is 98.7 Å². The van der Waals surface area contributed by atoms with E-state index < -0.39 is 5.97 Å². The van der Waals surface area contributed by atoms with Crippen LogP contribution in [0.5, 0.6) is 0 Å². The minimum atomic E-state index is -0.677. The van der Waals surface area contributed by atoms with E-state index in [-0.39, 0.29) is 24.0 Å². The van der Waals surface area contributed by atoms with Gasteiger partial charge < -0.3 is 30.7 Å². The van der Waals surface area contributed by atoms with Gasteiger partial charge in [-0.2, -0.15) is 0 Å². The smallest absolute Gasteiger partial charge is 0.306 e. The van der Waals surface area contributed by atoms with Crippen LogP contribution in [-0.4, -0.2) is 71.7 Å². The van der Waals surface area contributed by atoms with Crippen molar-refractivity contribution in [3.63, 3.8) is 0 Å². The van der Waals surface area contributed by atoms with E-state index in [0.29, 0.717) is 41.4 Å². The number of rotatable bonds is 11. The van der Waals surface area contributed by atoms with Gasteiger partial charge >= 0.3 is 5.97 Å². The highest BCUT2D eigenvalue weighted by atomic mass is 35.5. The number of carboxylic acid groups (broad SMARTS) is 1. The Balaban J connectivity index is 0.950. The number of imidazole rings is 1. The number of carbonyl (C=O) groups is 2. The van der Waals surface area contributed by atoms with Crippen LogP contribution in [-0.2, 0) is 31.4 Å². The Morgan fingerprint density at radius 1 is 0.982 bits per heavy atom. The van der Waals surface area contributed by atoms with Gasteiger partial charge in [0, 0.05) is 80.4 Å². The van der Waals surface area contributed by atoms with Crippen molar-refractivity contribution >= 4 is 51.6 Å². The maximum absolute atomic E-state index is 13.7. The highest BCUT2D eigenvalue weighted by molar-refractivity contribution is 6.36. The summed E-state index contributed by atoms with van der Waals surface area (Å²) in [7, 11) is 1.89. The molecule has 2 aromatic carbocycles. The molecule has 5 aromatic rings. The molecule has 2 saturated carbocycles. The minimum absolute atomic E-state index is 0.121. The third kappa shape index (κ3) is 7.88. The summed E-state index contributed by atoms with van der Waals surface area (Å²) in [5.74, 6) is 0.258. The van der Waals surface area contributed by atoms with Gasteiger partial charge in [-0.1, -0.05) is 35.9 Å². The van der Waals surface area contributed by atoms with Gasteiger partial charge in [0.05, 0.1) is 28.4 Å². The molecular weight excluding hydrogens is 728 g/mol. The van der Waals surface area contributed by atoms with Gasteiger partial charge in [0.25, 0.3) is 5.91 Å². The van der Waals surface area contributed by atoms with Crippen molar-refractivity contribution in [2.75, 3.05) is 23.7 Å². The minimum Gasteiger partial charge on any atom is -0.481 e. The third-order valence-electron chi connectivity index (χ3n) is 12.1. The summed E-state index contributed by atoms with van der Waals surface area (Å²) in [6.07, 6.45) is 10.4. The molecule has 8 rings (SSSR count). The van der Waals surface area contributed by atoms with Crippen LogP contribution in [0.1, 0.15) is 78.1 Å². The van der Waals surface area contributed by atoms with Crippen molar-refractivity contribution in [2.24, 2.45) is 18.9 Å². The standard InChI is InChI=1S/C43H49ClN8O4/c1-25-30(6-3-8-32(25)48-40-39-29(16-18-45-40)20-27(22-47-39)21-46-33-9-5-11-37(33)53)31-7-4-10-34(38(31)44)50-42(54)41-49-35-24-52(19-17-36(35)51(41)2)23-26-12-14-28(15-13-26)43(55)56/h3-4,6-8,10,16,18,20,22,26,28,33,37,46,53H,5,9,11-15,17,19,21,23-24H2,1-2H3,(H,45,48)(H,50,54)(H,55,56)/t26-,28-,33-,37-/m0/s1. The number of carbonyl (C=O) groups excluding carboxylic acids is 1. The second-order valence-corrected chi connectivity index (χ2v) is 16.1. The van der Waals surface area contributed by atoms with Crippen molar-refractivity contribution in [1.82, 2.24) is 29.7 Å². The number of benzene rings is 2. The molecular formula is C43H49ClN8O4. The number of anilines is 3. The van der Waals surface area contributed by atoms with Gasteiger partial charge in [0.2, 0.25) is 0 Å². The molecule has 56 heavy (non-hydrogen) atoms. The first kappa shape index (κ1) is 38.0. The average molecular weight is 777 g/mol. The van der Waals surface area contributed by atoms with Gasteiger partial charge in [0.15, 0.2) is 11.6 Å². The largest absolute Gasteiger partial charge is 0.481 e. The average Bonchev–Trinajstić information content (AvgIpc) is 3.77. The molecule has 1 amide bonds. The first-order valence-electron chi connectivity index (χ1n) is 19.7. The topological polar surface area (TPSA) is 158 Å². The summed E-state index contributed by atoms with van der Waals surface area (Å²) in [5, 5.41) is 31.0. The van der Waals surface area contributed by atoms with Crippen molar-refractivity contribution < 1.29 is 19.8 Å². The van der Waals surface area contributed by atoms with E-state index in [2.05, 4.69) is 31.9 Å². The van der Waals surface area contributed by atoms with Crippen LogP contribution in [0.15, 0.2) is 60.9 Å². The van der Waals surface area contributed by atoms with Gasteiger partial charge in [-0.15, -0.1) is 0 Å². The number of aliphatic carboxylic acids is 1. The molecule has 0 spiro atoms. The number of fused-ring (bicyclic) bond motifs is 2. The Morgan fingerprint density at radius 3 is 2.54 bits per heavy atom. The van der Waals surface area contributed by atoms with E-state index in [9.17, 15) is 19.8 Å². The molecule has 292 valence electrons. The molecule has 1 aliphatic heterocycles. The van der Waals surface area contributed by atoms with E-state index >= 15 is 0 Å². The zero-order valence-electron chi connectivity index (χ0n) is 31.9. The van der Waals surface area contributed by atoms with E-state index in [1.807, 2.05) is 61.1 Å². The number of hydrogen-bond donors (Lipinski definition) is 5. The Kier molecular flexibility index (Phi) is 11.1. The summed E-state index contributed by atoms with van der Waals surface area (Å²) < 4.78 is 1.90. The number of amides is 1. The molecule has 0 bridgehead atoms. The Morgan fingerprint density at radius 2 is 1.77 bits per heavy atom. The van der Waals surface area contributed by atoms with Crippen LogP contribution in [0.3, 0.4) is 0 Å². The number of halogens is 1. The summed E-state index contributed by atoms with van der Waals surface area (Å²) in [6.45, 7) is 5.14. The molecule has 2 aliphatic carbocycles. The number of nitrogens with zero attached hydrogens (tertiary/aromatic N) is 5. The predicted octanol–water partition coefficient (Wildman–Crippen LogP) is 7.24. The molecule has 5 N–H and O–H groups in total. The number of aliphatic hydroxyl groups excluding tert-OH is 1. The fraction of sp³-hybridized carbons (Fsp3) is 0.419. The Hall–Kier alpha value is -4.88. The van der Waals surface area contributed by atoms with E-state index in [0.717, 1.165) is 115 Å². The Labute approximate surface area is 331 Å². The summed E-state index contributed by atoms with van der Waals surface area (Å²) in [4.78, 5) is 41.7. The number of nitrogens with one attached hydrogen (secondary N) is 3. The summed E-state index contributed by atoms with van der Waals surface area (Å²) >= 11 is 7.06. The SMILES string of the molecule is Cc1c(Nc2nccc3cc(CN[C@H]4CCC[C@@H]4O)cnc23)cccc1-c1cccc(NC(=O)c2nc3c(n2C)CCN(C[C@H]2CC[C@H](C(=O)O)CC2)C3)c1Cl. The molecule has 0 saturated heterocycles. The highest BCUT2D eigenvalue weighted by Gasteiger charge is 2.30. The van der Waals surface area contributed by atoms with Crippen molar-refractivity contribution in [3.8, 4) is 11.1 Å². The van der Waals surface area contributed by atoms with Crippen LogP contribution in [0.25, 0.3) is 22.0 Å². The van der Waals surface area contributed by atoms with Crippen molar-refractivity contribution in [1.29, 1.82) is 0 Å². The molecule has 3 aromatic heterocycles. The third-order valence-corrected chi connectivity index (χ3v) is 12.5. The number of hydrogen-bond acceptors (Lipinski definition) is 9. The van der Waals surface area contributed by atoms with Crippen molar-refractivity contribution in [3.05, 3.63) is 94.3 Å². The predicted molar refractivity (Wildman–Crippen MR) is 218 cm³/mol. The van der Waals surface area contributed by atoms with Crippen LogP contribution in [0, 0.1) is 18.8 Å². The van der Waals surface area contributed by atoms with Crippen LogP contribution in [0.4, 0.5) is 17.2 Å². The van der Waals surface area contributed by atoms with E-state index in [1.165, 1.54) is 0 Å². The van der Waals surface area contributed by atoms with Gasteiger partial charge in [-0.25, -0.2) is 9.97 Å². The number of pyridine rings is 2. The zero-order chi connectivity index (χ0) is 38.9. The lowest BCUT2D eigenvalue weighted by Gasteiger charge is -2.33. The molecule has 2 atom stereocenters. The second kappa shape index (κ2) is 16.3. The molecule has 4 heterocycles. The lowest BCUT2D eigenvalue weighted by Crippen LogP contribution is -2.36. The van der Waals surface area contributed by atoms with E-state index in [4.69, 9.17) is 21.6 Å². The second-order valence-electron chi connectivity index (χ2n) is 15.7. The first-order chi connectivity index (χ1) is 27.1. The molecule has 2 fully saturated rings. The maximum atomic E-state index is 13.7. The Bertz CT molecular complexity index is 2270.